The van der Waals surface area contributed by atoms with Crippen LogP contribution in [0.15, 0.2) is 43.0 Å². The lowest BCUT2D eigenvalue weighted by Gasteiger charge is -2.09. The fraction of sp³-hybridized carbons (Fsp3) is 0.227. The molecule has 30 heavy (non-hydrogen) atoms. The van der Waals surface area contributed by atoms with Crippen molar-refractivity contribution in [3.05, 3.63) is 76.2 Å². The van der Waals surface area contributed by atoms with Gasteiger partial charge in [-0.2, -0.15) is 5.10 Å². The van der Waals surface area contributed by atoms with E-state index < -0.39 is 0 Å². The number of pyridine rings is 1. The van der Waals surface area contributed by atoms with Crippen molar-refractivity contribution in [1.82, 2.24) is 24.3 Å². The minimum atomic E-state index is 0.363. The van der Waals surface area contributed by atoms with Crippen molar-refractivity contribution in [3.63, 3.8) is 0 Å². The monoisotopic (exact) mass is 420 g/mol. The SMILES string of the molecule is Cc1ccnn1C.[C-]#[N+]CCc1cc2c(C=O)cc(-c3cncn3C)nc2cc1Cl. The van der Waals surface area contributed by atoms with Crippen LogP contribution in [0.25, 0.3) is 27.1 Å². The molecule has 0 saturated carbocycles. The third-order valence-electron chi connectivity index (χ3n) is 4.77. The third-order valence-corrected chi connectivity index (χ3v) is 5.13. The fourth-order valence-corrected chi connectivity index (χ4v) is 3.21. The van der Waals surface area contributed by atoms with Crippen LogP contribution in [0.1, 0.15) is 21.6 Å². The van der Waals surface area contributed by atoms with Gasteiger partial charge in [0.25, 0.3) is 0 Å². The minimum Gasteiger partial charge on any atom is -0.332 e. The molecule has 0 aliphatic rings. The molecule has 7 nitrogen and oxygen atoms in total. The molecule has 0 fully saturated rings. The summed E-state index contributed by atoms with van der Waals surface area (Å²) in [6.45, 7) is 9.28. The second kappa shape index (κ2) is 9.33. The van der Waals surface area contributed by atoms with E-state index in [-0.39, 0.29) is 0 Å². The first kappa shape index (κ1) is 21.2. The number of aryl methyl sites for hydroxylation is 3. The summed E-state index contributed by atoms with van der Waals surface area (Å²) in [5, 5.41) is 5.24. The molecule has 1 aromatic carbocycles. The second-order valence-electron chi connectivity index (χ2n) is 6.79. The van der Waals surface area contributed by atoms with Gasteiger partial charge in [-0.15, -0.1) is 0 Å². The topological polar surface area (TPSA) is 70.0 Å². The average Bonchev–Trinajstić information content (AvgIpc) is 3.33. The van der Waals surface area contributed by atoms with Crippen LogP contribution >= 0.6 is 11.6 Å². The van der Waals surface area contributed by atoms with Gasteiger partial charge >= 0.3 is 0 Å². The van der Waals surface area contributed by atoms with Gasteiger partial charge in [0.1, 0.15) is 0 Å². The van der Waals surface area contributed by atoms with Crippen LogP contribution in [0, 0.1) is 13.5 Å². The number of hydrogen-bond donors (Lipinski definition) is 0. The summed E-state index contributed by atoms with van der Waals surface area (Å²) in [5.74, 6) is 0. The van der Waals surface area contributed by atoms with Gasteiger partial charge in [0.15, 0.2) is 6.29 Å². The number of aldehydes is 1. The number of rotatable bonds is 4. The Hall–Kier alpha value is -3.50. The van der Waals surface area contributed by atoms with Crippen LogP contribution in [-0.2, 0) is 20.5 Å². The Morgan fingerprint density at radius 2 is 2.07 bits per heavy atom. The number of benzene rings is 1. The zero-order valence-electron chi connectivity index (χ0n) is 17.0. The van der Waals surface area contributed by atoms with Crippen LogP contribution in [0.2, 0.25) is 5.02 Å². The lowest BCUT2D eigenvalue weighted by atomic mass is 10.0. The second-order valence-corrected chi connectivity index (χ2v) is 7.20. The maximum Gasteiger partial charge on any atom is 0.218 e. The van der Waals surface area contributed by atoms with Gasteiger partial charge in [0.05, 0.1) is 29.4 Å². The molecule has 152 valence electrons. The van der Waals surface area contributed by atoms with E-state index in [0.717, 1.165) is 22.9 Å². The maximum absolute atomic E-state index is 11.5. The van der Waals surface area contributed by atoms with Crippen molar-refractivity contribution in [1.29, 1.82) is 0 Å². The standard InChI is InChI=1S/C17H13ClN4O.C5H8N2/c1-19-4-3-11-5-13-12(9-23)6-16(17-8-20-10-22(17)2)21-15(13)7-14(11)18;1-5-3-4-6-7(5)2/h5-10H,3-4H2,2H3;3-4H,1-2H3. The third kappa shape index (κ3) is 4.56. The molecule has 0 N–H and O–H groups in total. The molecule has 3 aromatic heterocycles. The van der Waals surface area contributed by atoms with Gasteiger partial charge in [0.2, 0.25) is 6.54 Å². The maximum atomic E-state index is 11.5. The van der Waals surface area contributed by atoms with E-state index >= 15 is 0 Å². The Labute approximate surface area is 179 Å². The van der Waals surface area contributed by atoms with Gasteiger partial charge in [-0.3, -0.25) is 9.48 Å². The molecular formula is C22H21ClN6O. The summed E-state index contributed by atoms with van der Waals surface area (Å²) in [5.41, 5.74) is 4.75. The largest absolute Gasteiger partial charge is 0.332 e. The zero-order chi connectivity index (χ0) is 21.7. The number of carbonyl (C=O) groups is 1. The van der Waals surface area contributed by atoms with Crippen LogP contribution in [0.4, 0.5) is 0 Å². The van der Waals surface area contributed by atoms with E-state index in [4.69, 9.17) is 18.2 Å². The smallest absolute Gasteiger partial charge is 0.218 e. The number of carbonyl (C=O) groups excluding carboxylic acids is 1. The lowest BCUT2D eigenvalue weighted by Crippen LogP contribution is -1.97. The molecule has 0 unspecified atom stereocenters. The first-order valence-electron chi connectivity index (χ1n) is 9.27. The Morgan fingerprint density at radius 3 is 2.60 bits per heavy atom. The Kier molecular flexibility index (Phi) is 6.60. The number of fused-ring (bicyclic) bond motifs is 1. The molecular weight excluding hydrogens is 400 g/mol. The van der Waals surface area contributed by atoms with Crippen molar-refractivity contribution < 1.29 is 4.79 Å². The number of hydrogen-bond acceptors (Lipinski definition) is 4. The minimum absolute atomic E-state index is 0.363. The summed E-state index contributed by atoms with van der Waals surface area (Å²) in [7, 11) is 3.80. The molecule has 0 saturated heterocycles. The highest BCUT2D eigenvalue weighted by Crippen LogP contribution is 2.28. The van der Waals surface area contributed by atoms with Crippen molar-refractivity contribution in [2.45, 2.75) is 13.3 Å². The number of nitrogens with zero attached hydrogens (tertiary/aromatic N) is 6. The summed E-state index contributed by atoms with van der Waals surface area (Å²) >= 11 is 6.29. The van der Waals surface area contributed by atoms with Gasteiger partial charge < -0.3 is 9.41 Å². The first-order chi connectivity index (χ1) is 14.4. The molecule has 0 bridgehead atoms. The molecule has 0 radical (unpaired) electrons. The average molecular weight is 421 g/mol. The van der Waals surface area contributed by atoms with Crippen molar-refractivity contribution in [2.75, 3.05) is 6.54 Å². The fourth-order valence-electron chi connectivity index (χ4n) is 2.96. The molecule has 0 spiro atoms. The van der Waals surface area contributed by atoms with Crippen molar-refractivity contribution in [2.24, 2.45) is 14.1 Å². The Morgan fingerprint density at radius 1 is 1.27 bits per heavy atom. The Bertz CT molecular complexity index is 1220. The molecule has 4 aromatic rings. The molecule has 0 amide bonds. The van der Waals surface area contributed by atoms with Crippen LogP contribution in [-0.4, -0.2) is 37.1 Å². The highest BCUT2D eigenvalue weighted by atomic mass is 35.5. The van der Waals surface area contributed by atoms with Gasteiger partial charge in [-0.1, -0.05) is 11.6 Å². The highest BCUT2D eigenvalue weighted by molar-refractivity contribution is 6.32. The summed E-state index contributed by atoms with van der Waals surface area (Å²) < 4.78 is 3.68. The summed E-state index contributed by atoms with van der Waals surface area (Å²) in [6.07, 6.45) is 6.54. The predicted octanol–water partition coefficient (Wildman–Crippen LogP) is 4.29. The van der Waals surface area contributed by atoms with E-state index in [2.05, 4.69) is 19.9 Å². The summed E-state index contributed by atoms with van der Waals surface area (Å²) in [6, 6.07) is 7.33. The molecule has 0 atom stereocenters. The number of imidazole rings is 1. The zero-order valence-corrected chi connectivity index (χ0v) is 17.8. The molecule has 0 aliphatic heterocycles. The quantitative estimate of drug-likeness (QED) is 0.364. The van der Waals surface area contributed by atoms with Crippen LogP contribution in [0.5, 0.6) is 0 Å². The van der Waals surface area contributed by atoms with Crippen molar-refractivity contribution >= 4 is 28.8 Å². The predicted molar refractivity (Wildman–Crippen MR) is 117 cm³/mol. The van der Waals surface area contributed by atoms with Crippen LogP contribution < -0.4 is 0 Å². The normalized spacial score (nSPS) is 10.4. The molecule has 4 rings (SSSR count). The molecule has 0 aliphatic carbocycles. The highest BCUT2D eigenvalue weighted by Gasteiger charge is 2.13. The van der Waals surface area contributed by atoms with Gasteiger partial charge in [-0.25, -0.2) is 16.5 Å². The van der Waals surface area contributed by atoms with E-state index in [1.807, 2.05) is 42.4 Å². The first-order valence-corrected chi connectivity index (χ1v) is 9.65. The van der Waals surface area contributed by atoms with Crippen LogP contribution in [0.3, 0.4) is 0 Å². The van der Waals surface area contributed by atoms with E-state index in [1.54, 1.807) is 30.9 Å². The number of halogens is 1. The van der Waals surface area contributed by atoms with E-state index in [1.165, 1.54) is 5.69 Å². The van der Waals surface area contributed by atoms with Gasteiger partial charge in [-0.05, 0) is 36.8 Å². The molecule has 3 heterocycles. The summed E-state index contributed by atoms with van der Waals surface area (Å²) in [4.78, 5) is 23.5. The Balaban J connectivity index is 0.000000310. The molecule has 8 heteroatoms. The van der Waals surface area contributed by atoms with Crippen molar-refractivity contribution in [3.8, 4) is 11.4 Å². The van der Waals surface area contributed by atoms with E-state index in [9.17, 15) is 4.79 Å². The lowest BCUT2D eigenvalue weighted by molar-refractivity contribution is 0.112. The van der Waals surface area contributed by atoms with Gasteiger partial charge in [0, 0.05) is 48.4 Å². The van der Waals surface area contributed by atoms with E-state index in [0.29, 0.717) is 34.8 Å². The number of aromatic nitrogens is 5.